The first-order chi connectivity index (χ1) is 7.15. The van der Waals surface area contributed by atoms with Gasteiger partial charge in [0.2, 0.25) is 0 Å². The minimum Gasteiger partial charge on any atom is -0.207 e. The van der Waals surface area contributed by atoms with E-state index in [2.05, 4.69) is 19.9 Å². The van der Waals surface area contributed by atoms with E-state index < -0.39 is 0 Å². The maximum Gasteiger partial charge on any atom is 0.123 e. The number of rotatable bonds is 3. The molecule has 0 bridgehead atoms. The van der Waals surface area contributed by atoms with Crippen molar-refractivity contribution in [2.24, 2.45) is 5.92 Å². The number of halogens is 1. The fourth-order valence-electron chi connectivity index (χ4n) is 2.24. The van der Waals surface area contributed by atoms with Crippen molar-refractivity contribution in [1.82, 2.24) is 0 Å². The monoisotopic (exact) mass is 206 g/mol. The fourth-order valence-corrected chi connectivity index (χ4v) is 2.24. The molecule has 0 unspecified atom stereocenters. The van der Waals surface area contributed by atoms with E-state index in [1.807, 2.05) is 0 Å². The molecule has 0 spiro atoms. The minimum atomic E-state index is -0.0601. The Morgan fingerprint density at radius 1 is 1.27 bits per heavy atom. The predicted molar refractivity (Wildman–Crippen MR) is 61.5 cm³/mol. The lowest BCUT2D eigenvalue weighted by Crippen LogP contribution is -2.09. The molecule has 1 aliphatic rings. The van der Waals surface area contributed by atoms with Gasteiger partial charge in [0.15, 0.2) is 0 Å². The maximum atomic E-state index is 13.4. The van der Waals surface area contributed by atoms with Crippen LogP contribution in [-0.2, 0) is 6.42 Å². The highest BCUT2D eigenvalue weighted by atomic mass is 19.1. The largest absolute Gasteiger partial charge is 0.207 e. The lowest BCUT2D eigenvalue weighted by atomic mass is 9.79. The molecule has 0 aromatic heterocycles. The van der Waals surface area contributed by atoms with Gasteiger partial charge in [-0.3, -0.25) is 0 Å². The third kappa shape index (κ3) is 2.58. The highest BCUT2D eigenvalue weighted by Crippen LogP contribution is 2.37. The Labute approximate surface area is 91.5 Å². The van der Waals surface area contributed by atoms with Gasteiger partial charge in [-0.2, -0.15) is 0 Å². The molecule has 1 aromatic rings. The molecule has 1 fully saturated rings. The van der Waals surface area contributed by atoms with E-state index in [4.69, 9.17) is 0 Å². The van der Waals surface area contributed by atoms with Gasteiger partial charge in [0, 0.05) is 0 Å². The van der Waals surface area contributed by atoms with Gasteiger partial charge >= 0.3 is 0 Å². The van der Waals surface area contributed by atoms with Crippen LogP contribution >= 0.6 is 0 Å². The van der Waals surface area contributed by atoms with Crippen molar-refractivity contribution < 1.29 is 4.39 Å². The van der Waals surface area contributed by atoms with Crippen LogP contribution in [0, 0.1) is 11.7 Å². The lowest BCUT2D eigenvalue weighted by molar-refractivity contribution is 0.417. The van der Waals surface area contributed by atoms with Crippen LogP contribution in [0.15, 0.2) is 18.2 Å². The molecule has 0 heterocycles. The van der Waals surface area contributed by atoms with Gasteiger partial charge < -0.3 is 0 Å². The Kier molecular flexibility index (Phi) is 3.08. The van der Waals surface area contributed by atoms with E-state index in [1.54, 1.807) is 12.1 Å². The molecule has 1 heteroatoms. The topological polar surface area (TPSA) is 0 Å². The summed E-state index contributed by atoms with van der Waals surface area (Å²) in [5.74, 6) is 1.17. The first-order valence-corrected chi connectivity index (χ1v) is 5.94. The Hall–Kier alpha value is -0.850. The second kappa shape index (κ2) is 4.34. The molecule has 82 valence electrons. The number of hydrogen-bond donors (Lipinski definition) is 0. The Morgan fingerprint density at radius 3 is 2.53 bits per heavy atom. The molecule has 0 amide bonds. The molecule has 15 heavy (non-hydrogen) atoms. The minimum absolute atomic E-state index is 0.0601. The summed E-state index contributed by atoms with van der Waals surface area (Å²) in [6, 6.07) is 5.60. The molecule has 0 nitrogen and oxygen atoms in total. The van der Waals surface area contributed by atoms with Gasteiger partial charge in [0.25, 0.3) is 0 Å². The highest BCUT2D eigenvalue weighted by molar-refractivity contribution is 5.29. The number of hydrogen-bond acceptors (Lipinski definition) is 0. The summed E-state index contributed by atoms with van der Waals surface area (Å²) in [6.07, 6.45) is 4.77. The van der Waals surface area contributed by atoms with E-state index in [1.165, 1.54) is 24.8 Å². The van der Waals surface area contributed by atoms with Gasteiger partial charge in [0.05, 0.1) is 0 Å². The Morgan fingerprint density at radius 2 is 2.00 bits per heavy atom. The molecule has 0 aliphatic heterocycles. The van der Waals surface area contributed by atoms with Crippen molar-refractivity contribution in [3.05, 3.63) is 35.1 Å². The molecule has 0 N–H and O–H groups in total. The summed E-state index contributed by atoms with van der Waals surface area (Å²) in [4.78, 5) is 0. The molecular formula is C14H19F. The van der Waals surface area contributed by atoms with Crippen molar-refractivity contribution >= 4 is 0 Å². The maximum absolute atomic E-state index is 13.4. The zero-order valence-electron chi connectivity index (χ0n) is 9.59. The van der Waals surface area contributed by atoms with E-state index in [9.17, 15) is 4.39 Å². The summed E-state index contributed by atoms with van der Waals surface area (Å²) in [6.45, 7) is 4.35. The molecule has 2 rings (SSSR count). The first-order valence-electron chi connectivity index (χ1n) is 5.94. The fraction of sp³-hybridized carbons (Fsp3) is 0.571. The highest BCUT2D eigenvalue weighted by Gasteiger charge is 2.20. The smallest absolute Gasteiger partial charge is 0.123 e. The predicted octanol–water partition coefficient (Wildman–Crippen LogP) is 4.29. The summed E-state index contributed by atoms with van der Waals surface area (Å²) in [7, 11) is 0. The van der Waals surface area contributed by atoms with Crippen LogP contribution in [0.1, 0.15) is 50.2 Å². The Balaban J connectivity index is 2.19. The standard InChI is InChI=1S/C14H19F/c1-10(2)6-11-7-13(9-14(15)8-11)12-4-3-5-12/h7-10,12H,3-6H2,1-2H3. The SMILES string of the molecule is CC(C)Cc1cc(F)cc(C2CCC2)c1. The second-order valence-electron chi connectivity index (χ2n) is 5.12. The van der Waals surface area contributed by atoms with Crippen LogP contribution in [0.4, 0.5) is 4.39 Å². The molecular weight excluding hydrogens is 187 g/mol. The summed E-state index contributed by atoms with van der Waals surface area (Å²) in [5.41, 5.74) is 2.38. The van der Waals surface area contributed by atoms with E-state index in [-0.39, 0.29) is 5.82 Å². The van der Waals surface area contributed by atoms with Crippen molar-refractivity contribution in [2.45, 2.75) is 45.4 Å². The summed E-state index contributed by atoms with van der Waals surface area (Å²) >= 11 is 0. The molecule has 0 radical (unpaired) electrons. The average molecular weight is 206 g/mol. The Bertz CT molecular complexity index is 337. The molecule has 0 atom stereocenters. The zero-order valence-corrected chi connectivity index (χ0v) is 9.59. The van der Waals surface area contributed by atoms with E-state index >= 15 is 0 Å². The van der Waals surface area contributed by atoms with E-state index in [0.717, 1.165) is 12.0 Å². The van der Waals surface area contributed by atoms with Crippen LogP contribution in [0.5, 0.6) is 0 Å². The van der Waals surface area contributed by atoms with Crippen LogP contribution in [0.25, 0.3) is 0 Å². The van der Waals surface area contributed by atoms with Gasteiger partial charge in [-0.25, -0.2) is 4.39 Å². The quantitative estimate of drug-likeness (QED) is 0.692. The van der Waals surface area contributed by atoms with Crippen LogP contribution in [0.2, 0.25) is 0 Å². The molecule has 1 aliphatic carbocycles. The first kappa shape index (κ1) is 10.7. The van der Waals surface area contributed by atoms with E-state index in [0.29, 0.717) is 11.8 Å². The number of benzene rings is 1. The average Bonchev–Trinajstić information content (AvgIpc) is 1.96. The van der Waals surface area contributed by atoms with Crippen LogP contribution in [0.3, 0.4) is 0 Å². The van der Waals surface area contributed by atoms with Crippen molar-refractivity contribution in [1.29, 1.82) is 0 Å². The van der Waals surface area contributed by atoms with Crippen molar-refractivity contribution in [2.75, 3.05) is 0 Å². The lowest BCUT2D eigenvalue weighted by Gasteiger charge is -2.26. The third-order valence-electron chi connectivity index (χ3n) is 3.20. The van der Waals surface area contributed by atoms with Gasteiger partial charge in [0.1, 0.15) is 5.82 Å². The molecule has 0 saturated heterocycles. The van der Waals surface area contributed by atoms with Crippen molar-refractivity contribution in [3.8, 4) is 0 Å². The summed E-state index contributed by atoms with van der Waals surface area (Å²) in [5, 5.41) is 0. The second-order valence-corrected chi connectivity index (χ2v) is 5.12. The third-order valence-corrected chi connectivity index (χ3v) is 3.20. The zero-order chi connectivity index (χ0) is 10.8. The van der Waals surface area contributed by atoms with Crippen LogP contribution < -0.4 is 0 Å². The van der Waals surface area contributed by atoms with Gasteiger partial charge in [-0.05, 0) is 54.4 Å². The van der Waals surface area contributed by atoms with Gasteiger partial charge in [-0.1, -0.05) is 26.3 Å². The summed E-state index contributed by atoms with van der Waals surface area (Å²) < 4.78 is 13.4. The van der Waals surface area contributed by atoms with Gasteiger partial charge in [-0.15, -0.1) is 0 Å². The molecule has 1 saturated carbocycles. The van der Waals surface area contributed by atoms with Crippen molar-refractivity contribution in [3.63, 3.8) is 0 Å². The van der Waals surface area contributed by atoms with Crippen LogP contribution in [-0.4, -0.2) is 0 Å². The normalized spacial score (nSPS) is 16.8. The molecule has 1 aromatic carbocycles.